The number of fused-ring (bicyclic) bond motifs is 1. The Bertz CT molecular complexity index is 1090. The third kappa shape index (κ3) is 4.51. The zero-order valence-electron chi connectivity index (χ0n) is 16.3. The molecule has 0 amide bonds. The van der Waals surface area contributed by atoms with Gasteiger partial charge in [-0.3, -0.25) is 9.59 Å². The van der Waals surface area contributed by atoms with Gasteiger partial charge >= 0.3 is 11.9 Å². The van der Waals surface area contributed by atoms with Crippen molar-refractivity contribution in [1.82, 2.24) is 4.57 Å². The molecule has 0 saturated heterocycles. The average molecular weight is 418 g/mol. The van der Waals surface area contributed by atoms with Gasteiger partial charge in [0.1, 0.15) is 5.58 Å². The van der Waals surface area contributed by atoms with Crippen LogP contribution >= 0.6 is 11.6 Å². The van der Waals surface area contributed by atoms with Gasteiger partial charge in [0.15, 0.2) is 6.61 Å². The molecule has 0 fully saturated rings. The molecule has 0 unspecified atom stereocenters. The summed E-state index contributed by atoms with van der Waals surface area (Å²) >= 11 is 5.93. The van der Waals surface area contributed by atoms with Crippen molar-refractivity contribution in [3.63, 3.8) is 0 Å². The van der Waals surface area contributed by atoms with Crippen LogP contribution in [0.25, 0.3) is 11.0 Å². The molecule has 3 aromatic rings. The number of benzene rings is 1. The molecule has 1 aromatic carbocycles. The lowest BCUT2D eigenvalue weighted by Gasteiger charge is -2.09. The number of esters is 2. The summed E-state index contributed by atoms with van der Waals surface area (Å²) in [6.07, 6.45) is 0.200. The van der Waals surface area contributed by atoms with Crippen molar-refractivity contribution in [3.8, 4) is 0 Å². The first-order chi connectivity index (χ1) is 13.8. The Kier molecular flexibility index (Phi) is 6.08. The zero-order valence-corrected chi connectivity index (χ0v) is 17.0. The number of ketones is 1. The molecule has 3 rings (SSSR count). The van der Waals surface area contributed by atoms with Crippen LogP contribution in [-0.4, -0.2) is 36.0 Å². The Morgan fingerprint density at radius 3 is 2.62 bits per heavy atom. The minimum absolute atomic E-state index is 0.00128. The number of aromatic nitrogens is 1. The van der Waals surface area contributed by atoms with E-state index in [9.17, 15) is 14.4 Å². The molecule has 2 heterocycles. The second-order valence-corrected chi connectivity index (χ2v) is 6.99. The highest BCUT2D eigenvalue weighted by Gasteiger charge is 2.20. The molecular weight excluding hydrogens is 398 g/mol. The molecule has 8 heteroatoms. The maximum atomic E-state index is 12.5. The first kappa shape index (κ1) is 20.7. The van der Waals surface area contributed by atoms with Gasteiger partial charge < -0.3 is 18.5 Å². The van der Waals surface area contributed by atoms with E-state index in [1.165, 1.54) is 13.2 Å². The second kappa shape index (κ2) is 8.53. The topological polar surface area (TPSA) is 87.7 Å². The van der Waals surface area contributed by atoms with E-state index in [-0.39, 0.29) is 23.9 Å². The molecule has 152 valence electrons. The van der Waals surface area contributed by atoms with Crippen LogP contribution in [0, 0.1) is 13.8 Å². The van der Waals surface area contributed by atoms with Gasteiger partial charge in [-0.2, -0.15) is 0 Å². The summed E-state index contributed by atoms with van der Waals surface area (Å²) in [4.78, 5) is 36.2. The number of methoxy groups -OCH3 is 1. The maximum absolute atomic E-state index is 12.5. The lowest BCUT2D eigenvalue weighted by Crippen LogP contribution is -2.15. The predicted octanol–water partition coefficient (Wildman–Crippen LogP) is 4.11. The summed E-state index contributed by atoms with van der Waals surface area (Å²) in [5.41, 5.74) is 2.47. The largest absolute Gasteiger partial charge is 0.469 e. The van der Waals surface area contributed by atoms with E-state index in [0.717, 1.165) is 5.69 Å². The number of hydrogen-bond acceptors (Lipinski definition) is 6. The summed E-state index contributed by atoms with van der Waals surface area (Å²) in [5.74, 6) is -1.40. The molecule has 2 aromatic heterocycles. The number of carbonyl (C=O) groups excluding carboxylic acids is 3. The predicted molar refractivity (Wildman–Crippen MR) is 106 cm³/mol. The average Bonchev–Trinajstić information content (AvgIpc) is 3.24. The first-order valence-corrected chi connectivity index (χ1v) is 9.31. The third-order valence-electron chi connectivity index (χ3n) is 4.66. The van der Waals surface area contributed by atoms with E-state index in [2.05, 4.69) is 4.74 Å². The van der Waals surface area contributed by atoms with Crippen LogP contribution in [0.5, 0.6) is 0 Å². The van der Waals surface area contributed by atoms with Crippen molar-refractivity contribution >= 4 is 40.3 Å². The van der Waals surface area contributed by atoms with Gasteiger partial charge in [-0.05, 0) is 44.2 Å². The Morgan fingerprint density at radius 1 is 1.14 bits per heavy atom. The van der Waals surface area contributed by atoms with Gasteiger partial charge in [0.2, 0.25) is 11.5 Å². The summed E-state index contributed by atoms with van der Waals surface area (Å²) in [6.45, 7) is 3.60. The number of Topliss-reactive ketones (excluding diaryl/α,β-unsaturated/α-hetero) is 1. The number of hydrogen-bond donors (Lipinski definition) is 0. The normalized spacial score (nSPS) is 10.9. The fraction of sp³-hybridized carbons (Fsp3) is 0.286. The van der Waals surface area contributed by atoms with Crippen molar-refractivity contribution in [2.75, 3.05) is 13.7 Å². The van der Waals surface area contributed by atoms with Crippen LogP contribution in [0.2, 0.25) is 5.02 Å². The second-order valence-electron chi connectivity index (χ2n) is 6.55. The highest BCUT2D eigenvalue weighted by molar-refractivity contribution is 6.31. The summed E-state index contributed by atoms with van der Waals surface area (Å²) in [6, 6.07) is 8.22. The van der Waals surface area contributed by atoms with Crippen molar-refractivity contribution in [2.24, 2.45) is 0 Å². The number of halogens is 1. The third-order valence-corrected chi connectivity index (χ3v) is 4.89. The van der Waals surface area contributed by atoms with E-state index in [4.69, 9.17) is 20.8 Å². The summed E-state index contributed by atoms with van der Waals surface area (Å²) in [7, 11) is 1.33. The van der Waals surface area contributed by atoms with E-state index in [1.807, 2.05) is 11.5 Å². The number of furan rings is 1. The zero-order chi connectivity index (χ0) is 21.1. The smallest absolute Gasteiger partial charge is 0.374 e. The lowest BCUT2D eigenvalue weighted by molar-refractivity contribution is -0.140. The molecule has 0 bridgehead atoms. The number of carbonyl (C=O) groups is 3. The molecule has 0 atom stereocenters. The summed E-state index contributed by atoms with van der Waals surface area (Å²) in [5, 5.41) is 1.20. The molecule has 0 aliphatic heterocycles. The van der Waals surface area contributed by atoms with E-state index >= 15 is 0 Å². The Hall–Kier alpha value is -3.06. The summed E-state index contributed by atoms with van der Waals surface area (Å²) < 4.78 is 17.1. The number of ether oxygens (including phenoxy) is 2. The van der Waals surface area contributed by atoms with Gasteiger partial charge in [-0.25, -0.2) is 4.79 Å². The van der Waals surface area contributed by atoms with Crippen LogP contribution in [0.3, 0.4) is 0 Å². The van der Waals surface area contributed by atoms with E-state index in [1.54, 1.807) is 31.2 Å². The highest BCUT2D eigenvalue weighted by Crippen LogP contribution is 2.23. The molecule has 29 heavy (non-hydrogen) atoms. The lowest BCUT2D eigenvalue weighted by atomic mass is 10.1. The molecule has 0 saturated carbocycles. The van der Waals surface area contributed by atoms with E-state index < -0.39 is 12.6 Å². The SMILES string of the molecule is COC(=O)CCn1c(C)cc(C(=O)COC(=O)c2cc3cc(Cl)ccc3o2)c1C. The number of aryl methyl sites for hydroxylation is 1. The van der Waals surface area contributed by atoms with E-state index in [0.29, 0.717) is 33.8 Å². The van der Waals surface area contributed by atoms with Crippen LogP contribution in [0.1, 0.15) is 38.7 Å². The van der Waals surface area contributed by atoms with Crippen LogP contribution in [0.4, 0.5) is 0 Å². The van der Waals surface area contributed by atoms with Crippen molar-refractivity contribution in [2.45, 2.75) is 26.8 Å². The molecule has 0 spiro atoms. The monoisotopic (exact) mass is 417 g/mol. The molecule has 0 N–H and O–H groups in total. The Labute approximate surface area is 172 Å². The standard InChI is InChI=1S/C21H20ClNO6/c1-12-8-16(13(2)23(12)7-6-20(25)27-3)17(24)11-28-21(26)19-10-14-9-15(22)4-5-18(14)29-19/h4-5,8-10H,6-7,11H2,1-3H3. The first-order valence-electron chi connectivity index (χ1n) is 8.93. The molecule has 0 aliphatic carbocycles. The van der Waals surface area contributed by atoms with Gasteiger partial charge in [0.05, 0.1) is 13.5 Å². The van der Waals surface area contributed by atoms with Crippen LogP contribution < -0.4 is 0 Å². The van der Waals surface area contributed by atoms with Crippen LogP contribution in [-0.2, 0) is 20.8 Å². The fourth-order valence-electron chi connectivity index (χ4n) is 3.13. The number of rotatable bonds is 7. The number of nitrogens with zero attached hydrogens (tertiary/aromatic N) is 1. The van der Waals surface area contributed by atoms with Gasteiger partial charge in [0, 0.05) is 33.9 Å². The highest BCUT2D eigenvalue weighted by atomic mass is 35.5. The van der Waals surface area contributed by atoms with Gasteiger partial charge in [0.25, 0.3) is 0 Å². The maximum Gasteiger partial charge on any atom is 0.374 e. The Morgan fingerprint density at radius 2 is 1.90 bits per heavy atom. The molecule has 7 nitrogen and oxygen atoms in total. The fourth-order valence-corrected chi connectivity index (χ4v) is 3.31. The van der Waals surface area contributed by atoms with Crippen molar-refractivity contribution in [3.05, 3.63) is 58.1 Å². The van der Waals surface area contributed by atoms with Gasteiger partial charge in [-0.15, -0.1) is 0 Å². The van der Waals surface area contributed by atoms with Crippen molar-refractivity contribution in [1.29, 1.82) is 0 Å². The van der Waals surface area contributed by atoms with Crippen LogP contribution in [0.15, 0.2) is 34.7 Å². The minimum atomic E-state index is -0.731. The molecule has 0 radical (unpaired) electrons. The Balaban J connectivity index is 1.66. The van der Waals surface area contributed by atoms with Gasteiger partial charge in [-0.1, -0.05) is 11.6 Å². The van der Waals surface area contributed by atoms with Crippen molar-refractivity contribution < 1.29 is 28.3 Å². The molecular formula is C21H20ClNO6. The quantitative estimate of drug-likeness (QED) is 0.424. The minimum Gasteiger partial charge on any atom is -0.469 e. The molecule has 0 aliphatic rings.